The first-order valence-electron chi connectivity index (χ1n) is 6.26. The summed E-state index contributed by atoms with van der Waals surface area (Å²) in [6.45, 7) is 5.94. The molecule has 0 atom stereocenters. The summed E-state index contributed by atoms with van der Waals surface area (Å²) < 4.78 is 1.46. The number of nitrogens with one attached hydrogen (secondary N) is 1. The van der Waals surface area contributed by atoms with Crippen molar-refractivity contribution in [2.45, 2.75) is 12.6 Å². The van der Waals surface area contributed by atoms with Gasteiger partial charge in [0.05, 0.1) is 0 Å². The van der Waals surface area contributed by atoms with Crippen molar-refractivity contribution in [3.8, 4) is 0 Å². The van der Waals surface area contributed by atoms with Crippen LogP contribution in [0.3, 0.4) is 0 Å². The Bertz CT molecular complexity index is 394. The van der Waals surface area contributed by atoms with Gasteiger partial charge in [0.2, 0.25) is 5.91 Å². The lowest BCUT2D eigenvalue weighted by Gasteiger charge is -2.43. The Kier molecular flexibility index (Phi) is 3.20. The van der Waals surface area contributed by atoms with E-state index in [-0.39, 0.29) is 12.5 Å². The SMILES string of the molecule is O=C(Cn1cnnn1)N1CCN(C2CNC2)CC1. The summed E-state index contributed by atoms with van der Waals surface area (Å²) in [4.78, 5) is 16.4. The van der Waals surface area contributed by atoms with Crippen LogP contribution in [0.1, 0.15) is 0 Å². The number of piperazine rings is 1. The maximum atomic E-state index is 12.0. The molecule has 1 N–H and O–H groups in total. The van der Waals surface area contributed by atoms with Crippen LogP contribution in [0, 0.1) is 0 Å². The molecule has 3 rings (SSSR count). The summed E-state index contributed by atoms with van der Waals surface area (Å²) in [6.07, 6.45) is 1.47. The van der Waals surface area contributed by atoms with Gasteiger partial charge in [-0.1, -0.05) is 0 Å². The fraction of sp³-hybridized carbons (Fsp3) is 0.800. The number of hydrogen-bond acceptors (Lipinski definition) is 6. The van der Waals surface area contributed by atoms with Gasteiger partial charge in [-0.3, -0.25) is 9.69 Å². The molecule has 0 bridgehead atoms. The van der Waals surface area contributed by atoms with E-state index in [2.05, 4.69) is 25.7 Å². The van der Waals surface area contributed by atoms with Gasteiger partial charge in [0.25, 0.3) is 0 Å². The largest absolute Gasteiger partial charge is 0.339 e. The number of rotatable bonds is 3. The fourth-order valence-electron chi connectivity index (χ4n) is 2.36. The lowest BCUT2D eigenvalue weighted by molar-refractivity contribution is -0.134. The van der Waals surface area contributed by atoms with Gasteiger partial charge in [0.1, 0.15) is 12.9 Å². The van der Waals surface area contributed by atoms with E-state index in [4.69, 9.17) is 0 Å². The van der Waals surface area contributed by atoms with Crippen LogP contribution >= 0.6 is 0 Å². The van der Waals surface area contributed by atoms with Crippen molar-refractivity contribution >= 4 is 5.91 Å². The third kappa shape index (κ3) is 2.34. The van der Waals surface area contributed by atoms with Crippen molar-refractivity contribution in [2.75, 3.05) is 39.3 Å². The summed E-state index contributed by atoms with van der Waals surface area (Å²) in [6, 6.07) is 0.668. The van der Waals surface area contributed by atoms with E-state index < -0.39 is 0 Å². The first kappa shape index (κ1) is 11.5. The minimum atomic E-state index is 0.0914. The van der Waals surface area contributed by atoms with E-state index in [0.29, 0.717) is 6.04 Å². The first-order valence-corrected chi connectivity index (χ1v) is 6.26. The molecule has 2 fully saturated rings. The second-order valence-electron chi connectivity index (χ2n) is 4.74. The van der Waals surface area contributed by atoms with Crippen molar-refractivity contribution in [3.05, 3.63) is 6.33 Å². The van der Waals surface area contributed by atoms with Gasteiger partial charge >= 0.3 is 0 Å². The zero-order chi connectivity index (χ0) is 12.4. The zero-order valence-electron chi connectivity index (χ0n) is 10.2. The van der Waals surface area contributed by atoms with Crippen molar-refractivity contribution in [1.82, 2.24) is 35.3 Å². The van der Waals surface area contributed by atoms with E-state index in [0.717, 1.165) is 39.3 Å². The smallest absolute Gasteiger partial charge is 0.244 e. The molecule has 0 saturated carbocycles. The Labute approximate surface area is 105 Å². The molecule has 3 heterocycles. The molecule has 18 heavy (non-hydrogen) atoms. The normalized spacial score (nSPS) is 21.9. The number of hydrogen-bond donors (Lipinski definition) is 1. The Balaban J connectivity index is 1.48. The summed E-state index contributed by atoms with van der Waals surface area (Å²) in [5.74, 6) is 0.0914. The molecule has 2 aliphatic rings. The second-order valence-corrected chi connectivity index (χ2v) is 4.74. The Morgan fingerprint density at radius 3 is 2.61 bits per heavy atom. The molecule has 2 saturated heterocycles. The van der Waals surface area contributed by atoms with E-state index in [9.17, 15) is 4.79 Å². The maximum absolute atomic E-state index is 12.0. The Morgan fingerprint density at radius 2 is 2.06 bits per heavy atom. The number of amides is 1. The van der Waals surface area contributed by atoms with Crippen LogP contribution in [0.5, 0.6) is 0 Å². The van der Waals surface area contributed by atoms with Crippen LogP contribution in [0.2, 0.25) is 0 Å². The number of carbonyl (C=O) groups is 1. The van der Waals surface area contributed by atoms with Crippen LogP contribution in [0.4, 0.5) is 0 Å². The lowest BCUT2D eigenvalue weighted by atomic mass is 10.1. The molecule has 2 aliphatic heterocycles. The highest BCUT2D eigenvalue weighted by atomic mass is 16.2. The van der Waals surface area contributed by atoms with Gasteiger partial charge in [0.15, 0.2) is 0 Å². The highest BCUT2D eigenvalue weighted by Gasteiger charge is 2.29. The summed E-state index contributed by atoms with van der Waals surface area (Å²) in [5, 5.41) is 14.0. The Hall–Kier alpha value is -1.54. The molecule has 8 nitrogen and oxygen atoms in total. The molecule has 1 aromatic rings. The average Bonchev–Trinajstić information content (AvgIpc) is 2.80. The van der Waals surface area contributed by atoms with Crippen LogP contribution < -0.4 is 5.32 Å². The van der Waals surface area contributed by atoms with Crippen LogP contribution in [-0.4, -0.2) is 81.2 Å². The first-order chi connectivity index (χ1) is 8.83. The van der Waals surface area contributed by atoms with Gasteiger partial charge in [-0.15, -0.1) is 5.10 Å². The standard InChI is InChI=1S/C10H17N7O/c18-10(7-17-8-12-13-14-17)16-3-1-15(2-4-16)9-5-11-6-9/h8-9,11H,1-7H2. The number of nitrogens with zero attached hydrogens (tertiary/aromatic N) is 6. The highest BCUT2D eigenvalue weighted by molar-refractivity contribution is 5.75. The maximum Gasteiger partial charge on any atom is 0.244 e. The molecule has 0 radical (unpaired) electrons. The van der Waals surface area contributed by atoms with Gasteiger partial charge in [0, 0.05) is 45.3 Å². The third-order valence-corrected chi connectivity index (χ3v) is 3.63. The summed E-state index contributed by atoms with van der Waals surface area (Å²) in [5.41, 5.74) is 0. The van der Waals surface area contributed by atoms with Crippen molar-refractivity contribution in [1.29, 1.82) is 0 Å². The van der Waals surface area contributed by atoms with Gasteiger partial charge in [-0.25, -0.2) is 4.68 Å². The van der Waals surface area contributed by atoms with E-state index in [1.165, 1.54) is 11.0 Å². The topological polar surface area (TPSA) is 79.2 Å². The second kappa shape index (κ2) is 4.99. The molecule has 1 amide bonds. The summed E-state index contributed by atoms with van der Waals surface area (Å²) >= 11 is 0. The van der Waals surface area contributed by atoms with E-state index in [1.54, 1.807) is 0 Å². The van der Waals surface area contributed by atoms with Crippen molar-refractivity contribution in [2.24, 2.45) is 0 Å². The minimum absolute atomic E-state index is 0.0914. The van der Waals surface area contributed by atoms with Crippen LogP contribution in [-0.2, 0) is 11.3 Å². The van der Waals surface area contributed by atoms with Crippen molar-refractivity contribution < 1.29 is 4.79 Å². The number of aromatic nitrogens is 4. The molecular weight excluding hydrogens is 234 g/mol. The summed E-state index contributed by atoms with van der Waals surface area (Å²) in [7, 11) is 0. The number of carbonyl (C=O) groups excluding carboxylic acids is 1. The van der Waals surface area contributed by atoms with Crippen LogP contribution in [0.15, 0.2) is 6.33 Å². The third-order valence-electron chi connectivity index (χ3n) is 3.63. The van der Waals surface area contributed by atoms with Gasteiger partial charge in [-0.05, 0) is 10.4 Å². The number of tetrazole rings is 1. The predicted molar refractivity (Wildman–Crippen MR) is 62.6 cm³/mol. The Morgan fingerprint density at radius 1 is 1.28 bits per heavy atom. The van der Waals surface area contributed by atoms with Gasteiger partial charge in [-0.2, -0.15) is 0 Å². The average molecular weight is 251 g/mol. The zero-order valence-corrected chi connectivity index (χ0v) is 10.2. The van der Waals surface area contributed by atoms with Crippen LogP contribution in [0.25, 0.3) is 0 Å². The lowest BCUT2D eigenvalue weighted by Crippen LogP contribution is -2.62. The van der Waals surface area contributed by atoms with Gasteiger partial charge < -0.3 is 10.2 Å². The molecule has 98 valence electrons. The van der Waals surface area contributed by atoms with E-state index in [1.807, 2.05) is 4.90 Å². The molecule has 8 heteroatoms. The predicted octanol–water partition coefficient (Wildman–Crippen LogP) is -2.21. The molecule has 1 aromatic heterocycles. The fourth-order valence-corrected chi connectivity index (χ4v) is 2.36. The molecule has 0 spiro atoms. The molecular formula is C10H17N7O. The molecule has 0 unspecified atom stereocenters. The molecule has 0 aliphatic carbocycles. The quantitative estimate of drug-likeness (QED) is 0.656. The highest BCUT2D eigenvalue weighted by Crippen LogP contribution is 2.09. The van der Waals surface area contributed by atoms with E-state index >= 15 is 0 Å². The van der Waals surface area contributed by atoms with Crippen molar-refractivity contribution in [3.63, 3.8) is 0 Å². The molecule has 0 aromatic carbocycles. The monoisotopic (exact) mass is 251 g/mol. The minimum Gasteiger partial charge on any atom is -0.339 e.